The Labute approximate surface area is 161 Å². The van der Waals surface area contributed by atoms with Crippen LogP contribution in [0.5, 0.6) is 0 Å². The highest BCUT2D eigenvalue weighted by Gasteiger charge is 2.15. The molecule has 4 rings (SSSR count). The second-order valence-corrected chi connectivity index (χ2v) is 6.41. The number of urea groups is 1. The maximum Gasteiger partial charge on any atom is 0.323 e. The van der Waals surface area contributed by atoms with E-state index in [1.54, 1.807) is 42.7 Å². The Morgan fingerprint density at radius 2 is 1.82 bits per heavy atom. The number of hydrogen-bond donors (Lipinski definition) is 3. The summed E-state index contributed by atoms with van der Waals surface area (Å²) in [4.78, 5) is 32.4. The lowest BCUT2D eigenvalue weighted by atomic mass is 10.0. The van der Waals surface area contributed by atoms with Gasteiger partial charge in [-0.15, -0.1) is 0 Å². The molecule has 138 valence electrons. The normalized spacial score (nSPS) is 10.6. The number of para-hydroxylation sites is 1. The average molecular weight is 370 g/mol. The predicted octanol–water partition coefficient (Wildman–Crippen LogP) is 4.75. The highest BCUT2D eigenvalue weighted by atomic mass is 16.2. The van der Waals surface area contributed by atoms with Crippen LogP contribution in [0.1, 0.15) is 21.5 Å². The average Bonchev–Trinajstić information content (AvgIpc) is 3.13. The Bertz CT molecular complexity index is 1180. The molecular formula is C22H18N4O2. The van der Waals surface area contributed by atoms with Crippen molar-refractivity contribution in [3.63, 3.8) is 0 Å². The number of aryl methyl sites for hydroxylation is 1. The smallest absolute Gasteiger partial charge is 0.323 e. The Morgan fingerprint density at radius 3 is 2.68 bits per heavy atom. The number of benzene rings is 2. The Balaban J connectivity index is 1.53. The minimum absolute atomic E-state index is 0.137. The van der Waals surface area contributed by atoms with E-state index in [4.69, 9.17) is 0 Å². The van der Waals surface area contributed by atoms with Gasteiger partial charge in [0.1, 0.15) is 5.65 Å². The monoisotopic (exact) mass is 370 g/mol. The zero-order chi connectivity index (χ0) is 19.5. The van der Waals surface area contributed by atoms with Crippen molar-refractivity contribution in [2.75, 3.05) is 10.6 Å². The standard InChI is InChI=1S/C22H18N4O2/c1-14-6-2-3-10-19(14)26-22(28)25-16-8-4-7-15(12-16)20(27)18-13-24-21-17(18)9-5-11-23-21/h2-13H,1H3,(H,23,24)(H2,25,26,28). The van der Waals surface area contributed by atoms with Gasteiger partial charge < -0.3 is 15.6 Å². The molecule has 4 aromatic rings. The van der Waals surface area contributed by atoms with E-state index < -0.39 is 0 Å². The van der Waals surface area contributed by atoms with Gasteiger partial charge in [-0.2, -0.15) is 0 Å². The molecule has 6 nitrogen and oxygen atoms in total. The van der Waals surface area contributed by atoms with Crippen molar-refractivity contribution in [3.8, 4) is 0 Å². The van der Waals surface area contributed by atoms with Crippen LogP contribution in [0.25, 0.3) is 11.0 Å². The van der Waals surface area contributed by atoms with Crippen molar-refractivity contribution >= 4 is 34.2 Å². The predicted molar refractivity (Wildman–Crippen MR) is 110 cm³/mol. The van der Waals surface area contributed by atoms with E-state index in [0.29, 0.717) is 22.5 Å². The summed E-state index contributed by atoms with van der Waals surface area (Å²) in [5, 5.41) is 6.35. The number of pyridine rings is 1. The summed E-state index contributed by atoms with van der Waals surface area (Å²) in [7, 11) is 0. The lowest BCUT2D eigenvalue weighted by molar-refractivity contribution is 0.104. The molecule has 0 aliphatic carbocycles. The van der Waals surface area contributed by atoms with Crippen molar-refractivity contribution in [2.45, 2.75) is 6.92 Å². The van der Waals surface area contributed by atoms with Gasteiger partial charge in [0.05, 0.1) is 0 Å². The zero-order valence-electron chi connectivity index (χ0n) is 15.2. The third kappa shape index (κ3) is 3.48. The van der Waals surface area contributed by atoms with Crippen molar-refractivity contribution < 1.29 is 9.59 Å². The Kier molecular flexibility index (Phi) is 4.60. The molecule has 0 saturated carbocycles. The van der Waals surface area contributed by atoms with E-state index in [9.17, 15) is 9.59 Å². The molecule has 0 bridgehead atoms. The molecule has 0 unspecified atom stereocenters. The van der Waals surface area contributed by atoms with Crippen LogP contribution in [0.15, 0.2) is 73.1 Å². The number of aromatic nitrogens is 2. The van der Waals surface area contributed by atoms with Gasteiger partial charge in [0.25, 0.3) is 0 Å². The summed E-state index contributed by atoms with van der Waals surface area (Å²) in [6.45, 7) is 1.92. The third-order valence-corrected chi connectivity index (χ3v) is 4.47. The fourth-order valence-electron chi connectivity index (χ4n) is 3.04. The number of nitrogens with zero attached hydrogens (tertiary/aromatic N) is 1. The molecule has 0 aliphatic rings. The van der Waals surface area contributed by atoms with Crippen LogP contribution in [0, 0.1) is 6.92 Å². The first-order valence-corrected chi connectivity index (χ1v) is 8.82. The van der Waals surface area contributed by atoms with Gasteiger partial charge in [-0.25, -0.2) is 9.78 Å². The largest absolute Gasteiger partial charge is 0.345 e. The quantitative estimate of drug-likeness (QED) is 0.453. The molecular weight excluding hydrogens is 352 g/mol. The van der Waals surface area contributed by atoms with E-state index in [2.05, 4.69) is 20.6 Å². The number of carbonyl (C=O) groups excluding carboxylic acids is 2. The lowest BCUT2D eigenvalue weighted by Crippen LogP contribution is -2.20. The maximum absolute atomic E-state index is 12.9. The van der Waals surface area contributed by atoms with Crippen molar-refractivity contribution in [2.24, 2.45) is 0 Å². The van der Waals surface area contributed by atoms with Crippen LogP contribution in [0.3, 0.4) is 0 Å². The number of nitrogens with one attached hydrogen (secondary N) is 3. The number of carbonyl (C=O) groups is 2. The Morgan fingerprint density at radius 1 is 0.964 bits per heavy atom. The van der Waals surface area contributed by atoms with Gasteiger partial charge in [-0.1, -0.05) is 30.3 Å². The summed E-state index contributed by atoms with van der Waals surface area (Å²) < 4.78 is 0. The van der Waals surface area contributed by atoms with E-state index in [1.807, 2.05) is 37.3 Å². The van der Waals surface area contributed by atoms with Crippen molar-refractivity contribution in [3.05, 3.63) is 89.7 Å². The maximum atomic E-state index is 12.9. The third-order valence-electron chi connectivity index (χ3n) is 4.47. The van der Waals surface area contributed by atoms with Gasteiger partial charge in [0.15, 0.2) is 5.78 Å². The minimum Gasteiger partial charge on any atom is -0.345 e. The van der Waals surface area contributed by atoms with E-state index in [1.165, 1.54) is 0 Å². The van der Waals surface area contributed by atoms with Gasteiger partial charge >= 0.3 is 6.03 Å². The first-order valence-electron chi connectivity index (χ1n) is 8.82. The number of ketones is 1. The summed E-state index contributed by atoms with van der Waals surface area (Å²) >= 11 is 0. The highest BCUT2D eigenvalue weighted by molar-refractivity contribution is 6.16. The Hall–Kier alpha value is -3.93. The molecule has 3 N–H and O–H groups in total. The van der Waals surface area contributed by atoms with Crippen LogP contribution in [0.2, 0.25) is 0 Å². The molecule has 0 aliphatic heterocycles. The summed E-state index contributed by atoms with van der Waals surface area (Å²) in [5.74, 6) is -0.137. The first kappa shape index (κ1) is 17.5. The number of H-pyrrole nitrogens is 1. The molecule has 2 heterocycles. The van der Waals surface area contributed by atoms with Crippen LogP contribution in [-0.4, -0.2) is 21.8 Å². The number of hydrogen-bond acceptors (Lipinski definition) is 3. The SMILES string of the molecule is Cc1ccccc1NC(=O)Nc1cccc(C(=O)c2c[nH]c3ncccc23)c1. The molecule has 0 spiro atoms. The number of anilines is 2. The van der Waals surface area contributed by atoms with E-state index >= 15 is 0 Å². The topological polar surface area (TPSA) is 86.9 Å². The molecule has 0 saturated heterocycles. The van der Waals surface area contributed by atoms with Crippen LogP contribution < -0.4 is 10.6 Å². The molecule has 6 heteroatoms. The molecule has 0 fully saturated rings. The van der Waals surface area contributed by atoms with Gasteiger partial charge in [0.2, 0.25) is 0 Å². The van der Waals surface area contributed by atoms with Gasteiger partial charge in [-0.05, 0) is 42.8 Å². The van der Waals surface area contributed by atoms with E-state index in [-0.39, 0.29) is 11.8 Å². The minimum atomic E-state index is -0.366. The number of rotatable bonds is 4. The van der Waals surface area contributed by atoms with Crippen molar-refractivity contribution in [1.82, 2.24) is 9.97 Å². The van der Waals surface area contributed by atoms with Gasteiger partial charge in [-0.3, -0.25) is 4.79 Å². The van der Waals surface area contributed by atoms with E-state index in [0.717, 1.165) is 16.6 Å². The summed E-state index contributed by atoms with van der Waals surface area (Å²) in [6, 6.07) is 17.7. The molecule has 2 aromatic carbocycles. The van der Waals surface area contributed by atoms with Crippen LogP contribution >= 0.6 is 0 Å². The number of amides is 2. The first-order chi connectivity index (χ1) is 13.6. The zero-order valence-corrected chi connectivity index (χ0v) is 15.2. The summed E-state index contributed by atoms with van der Waals surface area (Å²) in [5.41, 5.74) is 3.93. The fourth-order valence-corrected chi connectivity index (χ4v) is 3.04. The molecule has 0 radical (unpaired) electrons. The molecule has 2 amide bonds. The lowest BCUT2D eigenvalue weighted by Gasteiger charge is -2.10. The summed E-state index contributed by atoms with van der Waals surface area (Å²) in [6.07, 6.45) is 3.33. The van der Waals surface area contributed by atoms with Crippen LogP contribution in [0.4, 0.5) is 16.2 Å². The number of fused-ring (bicyclic) bond motifs is 1. The van der Waals surface area contributed by atoms with Crippen LogP contribution in [-0.2, 0) is 0 Å². The van der Waals surface area contributed by atoms with Gasteiger partial charge in [0, 0.05) is 40.3 Å². The fraction of sp³-hybridized carbons (Fsp3) is 0.0455. The second kappa shape index (κ2) is 7.36. The molecule has 28 heavy (non-hydrogen) atoms. The molecule has 2 aromatic heterocycles. The number of aromatic amines is 1. The van der Waals surface area contributed by atoms with Crippen molar-refractivity contribution in [1.29, 1.82) is 0 Å². The highest BCUT2D eigenvalue weighted by Crippen LogP contribution is 2.21. The molecule has 0 atom stereocenters. The second-order valence-electron chi connectivity index (χ2n) is 6.41.